The maximum Gasteiger partial charge on any atom is 0.365 e. The van der Waals surface area contributed by atoms with E-state index in [1.165, 1.54) is 11.1 Å². The van der Waals surface area contributed by atoms with E-state index in [-0.39, 0.29) is 26.4 Å². The summed E-state index contributed by atoms with van der Waals surface area (Å²) in [6.45, 7) is 7.45. The van der Waals surface area contributed by atoms with Crippen molar-refractivity contribution in [3.8, 4) is 0 Å². The highest BCUT2D eigenvalue weighted by Crippen LogP contribution is 2.70. The van der Waals surface area contributed by atoms with Gasteiger partial charge in [-0.1, -0.05) is 6.07 Å². The van der Waals surface area contributed by atoms with Gasteiger partial charge in [0.1, 0.15) is 0 Å². The van der Waals surface area contributed by atoms with Gasteiger partial charge in [-0.3, -0.25) is 9.13 Å². The number of aryl methyl sites for hydroxylation is 2. The van der Waals surface area contributed by atoms with Crippen molar-refractivity contribution in [3.63, 3.8) is 0 Å². The third-order valence-electron chi connectivity index (χ3n) is 4.23. The van der Waals surface area contributed by atoms with Crippen LogP contribution in [0.3, 0.4) is 0 Å². The fourth-order valence-corrected chi connectivity index (χ4v) is 8.17. The first-order valence-corrected chi connectivity index (χ1v) is 12.8. The number of anilines is 1. The zero-order valence-corrected chi connectivity index (χ0v) is 18.4. The van der Waals surface area contributed by atoms with Crippen LogP contribution < -0.4 is 5.32 Å². The van der Waals surface area contributed by atoms with E-state index in [0.717, 1.165) is 19.3 Å². The molecule has 0 heterocycles. The van der Waals surface area contributed by atoms with Crippen LogP contribution in [0.15, 0.2) is 18.2 Å². The second kappa shape index (κ2) is 10.2. The summed E-state index contributed by atoms with van der Waals surface area (Å²) < 4.78 is 48.9. The Morgan fingerprint density at radius 1 is 0.852 bits per heavy atom. The second-order valence-corrected chi connectivity index (χ2v) is 10.7. The highest BCUT2D eigenvalue weighted by Gasteiger charge is 2.51. The summed E-state index contributed by atoms with van der Waals surface area (Å²) >= 11 is 0. The Hall–Kier alpha value is -0.680. The van der Waals surface area contributed by atoms with Gasteiger partial charge in [0.15, 0.2) is 0 Å². The molecular weight excluding hydrogens is 388 g/mol. The molecule has 0 radical (unpaired) electrons. The summed E-state index contributed by atoms with van der Waals surface area (Å²) in [6, 6.07) is 5.93. The van der Waals surface area contributed by atoms with Crippen LogP contribution in [-0.2, 0) is 40.1 Å². The van der Waals surface area contributed by atoms with E-state index in [9.17, 15) is 9.13 Å². The molecule has 0 unspecified atom stereocenters. The fourth-order valence-electron chi connectivity index (χ4n) is 3.22. The third-order valence-corrected chi connectivity index (χ3v) is 9.86. The fraction of sp³-hybridized carbons (Fsp3) is 0.667. The molecular formula is C18H31NO6P2. The lowest BCUT2D eigenvalue weighted by atomic mass is 10.1. The molecule has 0 spiro atoms. The third kappa shape index (κ3) is 5.44. The minimum absolute atomic E-state index is 0.151. The van der Waals surface area contributed by atoms with Crippen LogP contribution in [0.1, 0.15) is 45.2 Å². The number of hydrogen-bond acceptors (Lipinski definition) is 7. The van der Waals surface area contributed by atoms with Crippen molar-refractivity contribution >= 4 is 20.9 Å². The van der Waals surface area contributed by atoms with E-state index in [2.05, 4.69) is 5.32 Å². The largest absolute Gasteiger partial charge is 0.365 e. The topological polar surface area (TPSA) is 83.1 Å². The molecule has 27 heavy (non-hydrogen) atoms. The van der Waals surface area contributed by atoms with Crippen molar-refractivity contribution in [1.29, 1.82) is 0 Å². The van der Waals surface area contributed by atoms with Gasteiger partial charge in [-0.15, -0.1) is 0 Å². The molecule has 0 saturated heterocycles. The Bertz CT molecular complexity index is 661. The van der Waals surface area contributed by atoms with Crippen LogP contribution in [0.4, 0.5) is 5.69 Å². The monoisotopic (exact) mass is 419 g/mol. The molecule has 9 heteroatoms. The van der Waals surface area contributed by atoms with E-state index in [1.54, 1.807) is 27.7 Å². The highest BCUT2D eigenvalue weighted by atomic mass is 31.2. The molecule has 154 valence electrons. The van der Waals surface area contributed by atoms with Crippen molar-refractivity contribution in [2.45, 2.75) is 52.5 Å². The average molecular weight is 419 g/mol. The first-order valence-electron chi connectivity index (χ1n) is 9.58. The lowest BCUT2D eigenvalue weighted by molar-refractivity contribution is 0.198. The van der Waals surface area contributed by atoms with Crippen LogP contribution in [0.25, 0.3) is 0 Å². The molecule has 1 aromatic carbocycles. The van der Waals surface area contributed by atoms with E-state index in [1.807, 2.05) is 18.2 Å². The van der Waals surface area contributed by atoms with Crippen LogP contribution in [0, 0.1) is 0 Å². The molecule has 0 saturated carbocycles. The smallest absolute Gasteiger partial charge is 0.362 e. The maximum absolute atomic E-state index is 13.5. The minimum atomic E-state index is -3.82. The first kappa shape index (κ1) is 22.6. The van der Waals surface area contributed by atoms with Gasteiger partial charge in [0, 0.05) is 5.69 Å². The van der Waals surface area contributed by atoms with Crippen molar-refractivity contribution < 1.29 is 27.2 Å². The zero-order valence-electron chi connectivity index (χ0n) is 16.6. The Balaban J connectivity index is 2.44. The molecule has 7 nitrogen and oxygen atoms in total. The van der Waals surface area contributed by atoms with Crippen LogP contribution in [0.5, 0.6) is 0 Å². The van der Waals surface area contributed by atoms with Gasteiger partial charge in [0.25, 0.3) is 0 Å². The number of benzene rings is 1. The SMILES string of the molecule is CCOP(=O)(OCC)C(Nc1ccc2c(c1)CCC2)P(=O)(OCC)OCC. The Kier molecular flexibility index (Phi) is 8.54. The Labute approximate surface area is 162 Å². The first-order chi connectivity index (χ1) is 12.9. The number of rotatable bonds is 12. The quantitative estimate of drug-likeness (QED) is 0.454. The molecule has 0 aliphatic heterocycles. The average Bonchev–Trinajstić information content (AvgIpc) is 3.08. The standard InChI is InChI=1S/C18H31NO6P2/c1-5-22-26(20,23-6-2)18(27(21,24-7-3)25-8-4)19-17-13-12-15-10-9-11-16(15)14-17/h12-14,18-19H,5-11H2,1-4H3. The Morgan fingerprint density at radius 3 is 1.81 bits per heavy atom. The summed E-state index contributed by atoms with van der Waals surface area (Å²) in [4.78, 5) is 0. The van der Waals surface area contributed by atoms with Gasteiger partial charge >= 0.3 is 15.2 Å². The molecule has 0 fully saturated rings. The van der Waals surface area contributed by atoms with Crippen LogP contribution in [0.2, 0.25) is 0 Å². The van der Waals surface area contributed by atoms with Crippen molar-refractivity contribution in [2.24, 2.45) is 0 Å². The zero-order chi connectivity index (χ0) is 19.9. The molecule has 1 N–H and O–H groups in total. The lowest BCUT2D eigenvalue weighted by Crippen LogP contribution is -2.25. The predicted octanol–water partition coefficient (Wildman–Crippen LogP) is 5.40. The number of fused-ring (bicyclic) bond motifs is 1. The summed E-state index contributed by atoms with van der Waals surface area (Å²) in [7, 11) is -7.64. The maximum atomic E-state index is 13.5. The van der Waals surface area contributed by atoms with Gasteiger partial charge in [-0.25, -0.2) is 0 Å². The highest BCUT2D eigenvalue weighted by molar-refractivity contribution is 7.72. The second-order valence-electron chi connectivity index (χ2n) is 6.11. The molecule has 0 atom stereocenters. The van der Waals surface area contributed by atoms with Crippen LogP contribution >= 0.6 is 15.2 Å². The van der Waals surface area contributed by atoms with Crippen LogP contribution in [-0.4, -0.2) is 32.0 Å². The molecule has 0 bridgehead atoms. The molecule has 0 aromatic heterocycles. The van der Waals surface area contributed by atoms with Gasteiger partial charge in [-0.2, -0.15) is 0 Å². The summed E-state index contributed by atoms with van der Waals surface area (Å²) in [5.41, 5.74) is 2.00. The number of nitrogens with one attached hydrogen (secondary N) is 1. The summed E-state index contributed by atoms with van der Waals surface area (Å²) in [6.07, 6.45) is 3.18. The van der Waals surface area contributed by atoms with Gasteiger partial charge in [0.2, 0.25) is 5.52 Å². The van der Waals surface area contributed by atoms with Crippen molar-refractivity contribution in [2.75, 3.05) is 31.7 Å². The summed E-state index contributed by atoms with van der Waals surface area (Å²) in [5, 5.41) is 3.10. The van der Waals surface area contributed by atoms with Crippen molar-refractivity contribution in [1.82, 2.24) is 0 Å². The summed E-state index contributed by atoms with van der Waals surface area (Å²) in [5.74, 6) is 0. The van der Waals surface area contributed by atoms with Crippen molar-refractivity contribution in [3.05, 3.63) is 29.3 Å². The molecule has 2 rings (SSSR count). The predicted molar refractivity (Wildman–Crippen MR) is 108 cm³/mol. The lowest BCUT2D eigenvalue weighted by Gasteiger charge is -2.32. The molecule has 1 aliphatic carbocycles. The normalized spacial score (nSPS) is 14.6. The van der Waals surface area contributed by atoms with E-state index in [4.69, 9.17) is 18.1 Å². The van der Waals surface area contributed by atoms with E-state index < -0.39 is 20.7 Å². The van der Waals surface area contributed by atoms with Gasteiger partial charge < -0.3 is 23.4 Å². The molecule has 0 amide bonds. The van der Waals surface area contributed by atoms with Gasteiger partial charge in [0.05, 0.1) is 26.4 Å². The molecule has 1 aliphatic rings. The minimum Gasteiger partial charge on any atom is -0.362 e. The number of hydrogen-bond donors (Lipinski definition) is 1. The Morgan fingerprint density at radius 2 is 1.33 bits per heavy atom. The van der Waals surface area contributed by atoms with E-state index >= 15 is 0 Å². The molecule has 1 aromatic rings. The van der Waals surface area contributed by atoms with Gasteiger partial charge in [-0.05, 0) is 70.2 Å². The van der Waals surface area contributed by atoms with E-state index in [0.29, 0.717) is 5.69 Å².